The molecule has 1 aliphatic carbocycles. The van der Waals surface area contributed by atoms with Crippen LogP contribution in [0.3, 0.4) is 0 Å². The van der Waals surface area contributed by atoms with Crippen LogP contribution in [0.4, 0.5) is 0 Å². The van der Waals surface area contributed by atoms with Crippen molar-refractivity contribution in [2.75, 3.05) is 13.2 Å². The molecule has 0 aromatic heterocycles. The monoisotopic (exact) mass is 164 g/mol. The van der Waals surface area contributed by atoms with E-state index in [0.717, 1.165) is 0 Å². The van der Waals surface area contributed by atoms with Crippen LogP contribution in [0.25, 0.3) is 0 Å². The predicted molar refractivity (Wildman–Crippen MR) is 35.2 cm³/mol. The minimum atomic E-state index is -2.48. The Morgan fingerprint density at radius 1 is 1.18 bits per heavy atom. The van der Waals surface area contributed by atoms with Gasteiger partial charge in [-0.25, -0.2) is 0 Å². The Kier molecular flexibility index (Phi) is 1.54. The van der Waals surface area contributed by atoms with Gasteiger partial charge in [-0.15, -0.1) is 0 Å². The highest BCUT2D eigenvalue weighted by atomic mass is 16.6. The van der Waals surface area contributed by atoms with Gasteiger partial charge in [-0.05, 0) is 0 Å². The first-order valence-corrected chi connectivity index (χ1v) is 3.14. The van der Waals surface area contributed by atoms with Crippen LogP contribution in [0.5, 0.6) is 0 Å². The van der Waals surface area contributed by atoms with E-state index in [0.29, 0.717) is 0 Å². The number of hydrogen-bond donors (Lipinski definition) is 6. The van der Waals surface area contributed by atoms with Crippen molar-refractivity contribution in [3.05, 3.63) is 0 Å². The normalized spacial score (nSPS) is 47.5. The molecule has 11 heavy (non-hydrogen) atoms. The molecule has 0 spiro atoms. The van der Waals surface area contributed by atoms with Crippen LogP contribution in [0, 0.1) is 0 Å². The average Bonchev–Trinajstić information content (AvgIpc) is 2.32. The summed E-state index contributed by atoms with van der Waals surface area (Å²) in [6.07, 6.45) is 0. The zero-order valence-corrected chi connectivity index (χ0v) is 5.86. The van der Waals surface area contributed by atoms with Gasteiger partial charge in [0.15, 0.2) is 5.60 Å². The quantitative estimate of drug-likeness (QED) is 0.231. The van der Waals surface area contributed by atoms with Crippen molar-refractivity contribution in [1.29, 1.82) is 0 Å². The lowest BCUT2D eigenvalue weighted by atomic mass is 10.2. The molecule has 0 radical (unpaired) electrons. The summed E-state index contributed by atoms with van der Waals surface area (Å²) in [6, 6.07) is 0. The van der Waals surface area contributed by atoms with E-state index in [1.165, 1.54) is 0 Å². The van der Waals surface area contributed by atoms with Crippen LogP contribution in [-0.2, 0) is 0 Å². The summed E-state index contributed by atoms with van der Waals surface area (Å²) in [5.74, 6) is -2.48. The second-order valence-corrected chi connectivity index (χ2v) is 2.87. The van der Waals surface area contributed by atoms with Gasteiger partial charge in [-0.2, -0.15) is 0 Å². The van der Waals surface area contributed by atoms with Gasteiger partial charge < -0.3 is 31.9 Å². The van der Waals surface area contributed by atoms with Crippen LogP contribution >= 0.6 is 0 Å². The Morgan fingerprint density at radius 2 is 1.64 bits per heavy atom. The lowest BCUT2D eigenvalue weighted by Gasteiger charge is -2.08. The van der Waals surface area contributed by atoms with Crippen LogP contribution < -0.4 is 11.5 Å². The Bertz CT molecular complexity index is 167. The molecule has 0 saturated heterocycles. The highest BCUT2D eigenvalue weighted by Gasteiger charge is 2.86. The zero-order chi connectivity index (χ0) is 8.91. The Balaban J connectivity index is 2.91. The van der Waals surface area contributed by atoms with E-state index in [9.17, 15) is 5.11 Å². The van der Waals surface area contributed by atoms with E-state index < -0.39 is 23.5 Å². The van der Waals surface area contributed by atoms with E-state index in [1.807, 2.05) is 0 Å². The van der Waals surface area contributed by atoms with Crippen LogP contribution in [0.1, 0.15) is 0 Å². The van der Waals surface area contributed by atoms with Crippen LogP contribution in [0.15, 0.2) is 0 Å². The topological polar surface area (TPSA) is 133 Å². The molecule has 1 saturated carbocycles. The van der Waals surface area contributed by atoms with Crippen molar-refractivity contribution in [2.24, 2.45) is 11.5 Å². The second kappa shape index (κ2) is 1.92. The lowest BCUT2D eigenvalue weighted by molar-refractivity contribution is -0.143. The fraction of sp³-hybridized carbons (Fsp3) is 1.00. The molecule has 1 fully saturated rings. The van der Waals surface area contributed by atoms with Crippen molar-refractivity contribution in [3.8, 4) is 0 Å². The molecule has 66 valence electrons. The first-order chi connectivity index (χ1) is 4.87. The third-order valence-corrected chi connectivity index (χ3v) is 2.43. The Labute approximate surface area is 63.0 Å². The van der Waals surface area contributed by atoms with E-state index in [1.54, 1.807) is 0 Å². The Morgan fingerprint density at radius 3 is 1.73 bits per heavy atom. The summed E-state index contributed by atoms with van der Waals surface area (Å²) in [6.45, 7) is -1.13. The van der Waals surface area contributed by atoms with Gasteiger partial charge in [-0.1, -0.05) is 0 Å². The maximum atomic E-state index is 9.23. The van der Waals surface area contributed by atoms with E-state index >= 15 is 0 Å². The summed E-state index contributed by atoms with van der Waals surface area (Å²) >= 11 is 0. The maximum Gasteiger partial charge on any atom is 0.220 e. The molecule has 1 rings (SSSR count). The van der Waals surface area contributed by atoms with Gasteiger partial charge in [-0.3, -0.25) is 0 Å². The molecule has 0 aromatic carbocycles. The van der Waals surface area contributed by atoms with Crippen molar-refractivity contribution in [1.82, 2.24) is 0 Å². The molecule has 0 amide bonds. The number of aliphatic hydroxyl groups is 4. The van der Waals surface area contributed by atoms with Gasteiger partial charge in [0.05, 0.1) is 6.61 Å². The van der Waals surface area contributed by atoms with Gasteiger partial charge in [0, 0.05) is 6.54 Å². The maximum absolute atomic E-state index is 9.23. The zero-order valence-electron chi connectivity index (χ0n) is 5.86. The smallest absolute Gasteiger partial charge is 0.220 e. The van der Waals surface area contributed by atoms with Crippen LogP contribution in [0.2, 0.25) is 0 Å². The molecule has 6 heteroatoms. The van der Waals surface area contributed by atoms with Gasteiger partial charge in [0.1, 0.15) is 5.54 Å². The number of hydrogen-bond acceptors (Lipinski definition) is 6. The summed E-state index contributed by atoms with van der Waals surface area (Å²) in [4.78, 5) is 0. The van der Waals surface area contributed by atoms with Crippen molar-refractivity contribution < 1.29 is 20.4 Å². The fourth-order valence-corrected chi connectivity index (χ4v) is 1.23. The molecule has 2 unspecified atom stereocenters. The third-order valence-electron chi connectivity index (χ3n) is 2.43. The van der Waals surface area contributed by atoms with Gasteiger partial charge in [0.25, 0.3) is 0 Å². The van der Waals surface area contributed by atoms with E-state index in [2.05, 4.69) is 0 Å². The number of aliphatic hydroxyl groups excluding tert-OH is 1. The summed E-state index contributed by atoms with van der Waals surface area (Å²) in [5, 5.41) is 35.8. The lowest BCUT2D eigenvalue weighted by Crippen LogP contribution is -2.44. The summed E-state index contributed by atoms with van der Waals surface area (Å²) in [7, 11) is 0. The molecular weight excluding hydrogens is 152 g/mol. The van der Waals surface area contributed by atoms with Gasteiger partial charge >= 0.3 is 0 Å². The highest BCUT2D eigenvalue weighted by molar-refractivity contribution is 5.36. The average molecular weight is 164 g/mol. The predicted octanol–water partition coefficient (Wildman–Crippen LogP) is -3.94. The van der Waals surface area contributed by atoms with E-state index in [4.69, 9.17) is 26.8 Å². The number of rotatable bonds is 2. The molecule has 0 aliphatic heterocycles. The molecule has 0 aromatic rings. The summed E-state index contributed by atoms with van der Waals surface area (Å²) in [5.41, 5.74) is 6.55. The first kappa shape index (κ1) is 8.85. The van der Waals surface area contributed by atoms with Gasteiger partial charge in [0.2, 0.25) is 5.79 Å². The van der Waals surface area contributed by atoms with Crippen molar-refractivity contribution >= 4 is 0 Å². The molecule has 1 aliphatic rings. The minimum Gasteiger partial charge on any atom is -0.393 e. The molecule has 0 bridgehead atoms. The van der Waals surface area contributed by atoms with Crippen LogP contribution in [-0.4, -0.2) is 50.5 Å². The standard InChI is InChI=1S/C5H12N2O4/c6-1-3(7)4(9,2-8)5(3,10)11/h8-11H,1-2,6-7H2. The first-order valence-electron chi connectivity index (χ1n) is 3.14. The molecular formula is C5H12N2O4. The fourth-order valence-electron chi connectivity index (χ4n) is 1.23. The van der Waals surface area contributed by atoms with Crippen molar-refractivity contribution in [3.63, 3.8) is 0 Å². The molecule has 2 atom stereocenters. The van der Waals surface area contributed by atoms with E-state index in [-0.39, 0.29) is 6.54 Å². The largest absolute Gasteiger partial charge is 0.393 e. The third kappa shape index (κ3) is 0.621. The highest BCUT2D eigenvalue weighted by Crippen LogP contribution is 2.53. The summed E-state index contributed by atoms with van der Waals surface area (Å²) < 4.78 is 0. The molecule has 6 nitrogen and oxygen atoms in total. The minimum absolute atomic E-state index is 0.308. The SMILES string of the molecule is NCC1(N)C(O)(O)C1(O)CO. The number of nitrogens with two attached hydrogens (primary N) is 2. The Hall–Kier alpha value is -0.240. The second-order valence-electron chi connectivity index (χ2n) is 2.87. The molecule has 8 N–H and O–H groups in total. The molecule has 0 heterocycles. The van der Waals surface area contributed by atoms with Crippen molar-refractivity contribution in [2.45, 2.75) is 16.9 Å².